The van der Waals surface area contributed by atoms with Crippen LogP contribution in [0.2, 0.25) is 0 Å². The molecule has 1 aromatic rings. The van der Waals surface area contributed by atoms with Gasteiger partial charge < -0.3 is 53.5 Å². The molecule has 0 amide bonds. The van der Waals surface area contributed by atoms with Gasteiger partial charge in [0.2, 0.25) is 0 Å². The number of likely N-dealkylation sites (N-methyl/N-ethyl adjacent to an activating group) is 1. The summed E-state index contributed by atoms with van der Waals surface area (Å²) in [6, 6.07) is 9.35. The van der Waals surface area contributed by atoms with Crippen molar-refractivity contribution in [1.29, 1.82) is 0 Å². The van der Waals surface area contributed by atoms with Crippen molar-refractivity contribution in [2.45, 2.75) is 70.8 Å². The summed E-state index contributed by atoms with van der Waals surface area (Å²) in [7, 11) is -4.80. The van der Waals surface area contributed by atoms with E-state index in [4.69, 9.17) is 9.05 Å². The Morgan fingerprint density at radius 2 is 1.19 bits per heavy atom. The van der Waals surface area contributed by atoms with Gasteiger partial charge in [-0.05, 0) is 31.4 Å². The molecule has 268 valence electrons. The van der Waals surface area contributed by atoms with E-state index in [-0.39, 0.29) is 32.8 Å². The minimum absolute atomic E-state index is 0.0947. The lowest BCUT2D eigenvalue weighted by Gasteiger charge is -2.37. The topological polar surface area (TPSA) is 229 Å². The SMILES string of the molecule is CCN(CC(=O)[O-])C(COP(=O)([O-])OCCCCCCCCCCc1ccccc1)CN(CCN(CC(=O)[O-])CC(=O)[O-])CC(=O)[O-]. The first-order valence-electron chi connectivity index (χ1n) is 15.9. The van der Waals surface area contributed by atoms with E-state index in [1.807, 2.05) is 18.2 Å². The summed E-state index contributed by atoms with van der Waals surface area (Å²) >= 11 is 0. The molecule has 0 aliphatic carbocycles. The Kier molecular flexibility index (Phi) is 21.7. The average molecular weight is 685 g/mol. The molecule has 0 aliphatic rings. The molecule has 0 saturated heterocycles. The van der Waals surface area contributed by atoms with Crippen LogP contribution in [-0.2, 0) is 39.2 Å². The molecule has 0 radical (unpaired) electrons. The van der Waals surface area contributed by atoms with Crippen molar-refractivity contribution in [2.75, 3.05) is 65.6 Å². The monoisotopic (exact) mass is 684 g/mol. The third-order valence-corrected chi connectivity index (χ3v) is 8.36. The smallest absolute Gasteiger partial charge is 0.267 e. The van der Waals surface area contributed by atoms with Crippen LogP contribution in [0.25, 0.3) is 0 Å². The van der Waals surface area contributed by atoms with Crippen LogP contribution in [0.15, 0.2) is 30.3 Å². The Morgan fingerprint density at radius 3 is 1.72 bits per heavy atom. The third-order valence-electron chi connectivity index (χ3n) is 7.39. The third kappa shape index (κ3) is 22.3. The fraction of sp³-hybridized carbons (Fsp3) is 0.677. The zero-order valence-electron chi connectivity index (χ0n) is 27.1. The summed E-state index contributed by atoms with van der Waals surface area (Å²) in [5.41, 5.74) is 1.34. The lowest BCUT2D eigenvalue weighted by Crippen LogP contribution is -2.53. The summed E-state index contributed by atoms with van der Waals surface area (Å²) in [4.78, 5) is 60.7. The predicted octanol–water partition coefficient (Wildman–Crippen LogP) is -2.85. The van der Waals surface area contributed by atoms with Gasteiger partial charge in [0.15, 0.2) is 0 Å². The molecule has 0 N–H and O–H groups in total. The number of benzene rings is 1. The van der Waals surface area contributed by atoms with E-state index < -0.39 is 70.5 Å². The van der Waals surface area contributed by atoms with Crippen molar-refractivity contribution >= 4 is 31.7 Å². The molecule has 2 unspecified atom stereocenters. The number of rotatable bonds is 30. The zero-order chi connectivity index (χ0) is 35.1. The number of aryl methyl sites for hydroxylation is 1. The number of carbonyl (C=O) groups is 4. The van der Waals surface area contributed by atoms with Crippen molar-refractivity contribution in [2.24, 2.45) is 0 Å². The molecular formula is C31H47N3O12P-5. The summed E-state index contributed by atoms with van der Waals surface area (Å²) in [5.74, 6) is -6.12. The number of hydrogen-bond acceptors (Lipinski definition) is 15. The molecule has 1 rings (SSSR count). The number of carbonyl (C=O) groups excluding carboxylic acids is 4. The van der Waals surface area contributed by atoms with E-state index in [0.717, 1.165) is 56.3 Å². The van der Waals surface area contributed by atoms with E-state index in [9.17, 15) is 49.1 Å². The van der Waals surface area contributed by atoms with Gasteiger partial charge >= 0.3 is 0 Å². The summed E-state index contributed by atoms with van der Waals surface area (Å²) in [6.45, 7) is -2.55. The van der Waals surface area contributed by atoms with E-state index in [1.165, 1.54) is 15.4 Å². The molecule has 47 heavy (non-hydrogen) atoms. The first kappa shape index (κ1) is 42.1. The van der Waals surface area contributed by atoms with Crippen LogP contribution < -0.4 is 25.3 Å². The molecule has 0 bridgehead atoms. The lowest BCUT2D eigenvalue weighted by atomic mass is 10.0. The van der Waals surface area contributed by atoms with Gasteiger partial charge in [0.05, 0.1) is 37.1 Å². The number of hydrogen-bond donors (Lipinski definition) is 0. The van der Waals surface area contributed by atoms with Gasteiger partial charge in [-0.15, -0.1) is 0 Å². The molecule has 2 atom stereocenters. The fourth-order valence-electron chi connectivity index (χ4n) is 5.04. The van der Waals surface area contributed by atoms with Gasteiger partial charge in [0.25, 0.3) is 7.82 Å². The zero-order valence-corrected chi connectivity index (χ0v) is 28.0. The van der Waals surface area contributed by atoms with Crippen molar-refractivity contribution < 1.29 is 58.1 Å². The lowest BCUT2D eigenvalue weighted by molar-refractivity contribution is -0.311. The maximum Gasteiger partial charge on any atom is 0.267 e. The second-order valence-electron chi connectivity index (χ2n) is 11.3. The highest BCUT2D eigenvalue weighted by molar-refractivity contribution is 7.45. The fourth-order valence-corrected chi connectivity index (χ4v) is 5.83. The Bertz CT molecular complexity index is 1090. The normalized spacial score (nSPS) is 13.6. The van der Waals surface area contributed by atoms with E-state index in [1.54, 1.807) is 6.92 Å². The van der Waals surface area contributed by atoms with Gasteiger partial charge in [0.1, 0.15) is 0 Å². The van der Waals surface area contributed by atoms with Crippen LogP contribution in [0.1, 0.15) is 63.9 Å². The second kappa shape index (κ2) is 24.3. The van der Waals surface area contributed by atoms with Crippen molar-refractivity contribution in [3.05, 3.63) is 35.9 Å². The van der Waals surface area contributed by atoms with Crippen molar-refractivity contribution in [3.8, 4) is 0 Å². The molecule has 0 aromatic heterocycles. The molecule has 1 aromatic carbocycles. The van der Waals surface area contributed by atoms with Crippen LogP contribution in [0.4, 0.5) is 0 Å². The molecule has 0 spiro atoms. The Morgan fingerprint density at radius 1 is 0.702 bits per heavy atom. The number of phosphoric ester groups is 1. The van der Waals surface area contributed by atoms with Gasteiger partial charge in [-0.3, -0.25) is 19.3 Å². The number of carboxylic acids is 4. The number of aliphatic carboxylic acids is 4. The van der Waals surface area contributed by atoms with Gasteiger partial charge in [-0.25, -0.2) is 0 Å². The van der Waals surface area contributed by atoms with E-state index >= 15 is 0 Å². The molecule has 0 aliphatic heterocycles. The quantitative estimate of drug-likeness (QED) is 0.0586. The second-order valence-corrected chi connectivity index (χ2v) is 12.7. The Labute approximate surface area is 276 Å². The minimum atomic E-state index is -4.80. The van der Waals surface area contributed by atoms with Crippen LogP contribution >= 0.6 is 7.82 Å². The minimum Gasteiger partial charge on any atom is -0.756 e. The molecule has 16 heteroatoms. The van der Waals surface area contributed by atoms with E-state index in [2.05, 4.69) is 12.1 Å². The standard InChI is InChI=1S/C31H52N3O12P/c1-2-34(24-31(41)42)27(20-32(21-28(35)36)17-18-33(22-29(37)38)23-30(39)40)25-46-47(43,44)45-19-13-8-6-4-3-5-7-10-14-26-15-11-9-12-16-26/h9,11-12,15-16,27H,2-8,10,13-14,17-25H2,1H3,(H,35,36)(H,37,38)(H,39,40)(H,41,42)(H,43,44)/p-5. The molecule has 15 nitrogen and oxygen atoms in total. The molecule has 0 fully saturated rings. The highest BCUT2D eigenvalue weighted by atomic mass is 31.2. The summed E-state index contributed by atoms with van der Waals surface area (Å²) in [5, 5.41) is 44.7. The van der Waals surface area contributed by atoms with Gasteiger partial charge in [-0.1, -0.05) is 75.8 Å². The Hall–Kier alpha value is -2.91. The number of carboxylic acid groups (broad SMARTS) is 4. The maximum atomic E-state index is 12.5. The summed E-state index contributed by atoms with van der Waals surface area (Å²) < 4.78 is 22.5. The van der Waals surface area contributed by atoms with Crippen LogP contribution in [0.5, 0.6) is 0 Å². The summed E-state index contributed by atoms with van der Waals surface area (Å²) in [6.07, 6.45) is 8.83. The van der Waals surface area contributed by atoms with Crippen molar-refractivity contribution in [3.63, 3.8) is 0 Å². The largest absolute Gasteiger partial charge is 0.756 e. The van der Waals surface area contributed by atoms with Crippen molar-refractivity contribution in [1.82, 2.24) is 14.7 Å². The highest BCUT2D eigenvalue weighted by Gasteiger charge is 2.24. The number of unbranched alkanes of at least 4 members (excludes halogenated alkanes) is 7. The van der Waals surface area contributed by atoms with Gasteiger partial charge in [0, 0.05) is 51.9 Å². The molecular weight excluding hydrogens is 637 g/mol. The predicted molar refractivity (Wildman–Crippen MR) is 161 cm³/mol. The van der Waals surface area contributed by atoms with Crippen LogP contribution in [-0.4, -0.2) is 110 Å². The first-order valence-corrected chi connectivity index (χ1v) is 17.4. The molecule has 0 heterocycles. The van der Waals surface area contributed by atoms with Crippen LogP contribution in [0, 0.1) is 0 Å². The first-order chi connectivity index (χ1) is 22.3. The van der Waals surface area contributed by atoms with E-state index in [0.29, 0.717) is 6.42 Å². The van der Waals surface area contributed by atoms with Crippen LogP contribution in [0.3, 0.4) is 0 Å². The highest BCUT2D eigenvalue weighted by Crippen LogP contribution is 2.38. The maximum absolute atomic E-state index is 12.5. The number of nitrogens with zero attached hydrogens (tertiary/aromatic N) is 3. The molecule has 0 saturated carbocycles. The average Bonchev–Trinajstić information content (AvgIpc) is 2.99. The Balaban J connectivity index is 2.58. The van der Waals surface area contributed by atoms with Gasteiger partial charge in [-0.2, -0.15) is 0 Å². The number of phosphoric acid groups is 1.